The van der Waals surface area contributed by atoms with E-state index < -0.39 is 0 Å². The van der Waals surface area contributed by atoms with Crippen molar-refractivity contribution in [2.75, 3.05) is 19.7 Å². The van der Waals surface area contributed by atoms with Crippen molar-refractivity contribution >= 4 is 24.0 Å². The molecule has 4 heteroatoms. The highest BCUT2D eigenvalue weighted by atomic mass is 35.5. The molecule has 90 valence electrons. The third-order valence-corrected chi connectivity index (χ3v) is 3.04. The molecule has 1 aliphatic rings. The number of nitrogens with one attached hydrogen (secondary N) is 1. The van der Waals surface area contributed by atoms with Crippen molar-refractivity contribution in [1.82, 2.24) is 5.32 Å². The molecule has 16 heavy (non-hydrogen) atoms. The predicted molar refractivity (Wildman–Crippen MR) is 69.4 cm³/mol. The van der Waals surface area contributed by atoms with Gasteiger partial charge in [-0.25, -0.2) is 0 Å². The second-order valence-electron chi connectivity index (χ2n) is 3.85. The first kappa shape index (κ1) is 13.8. The van der Waals surface area contributed by atoms with Gasteiger partial charge in [-0.3, -0.25) is 0 Å². The van der Waals surface area contributed by atoms with Crippen molar-refractivity contribution < 1.29 is 4.74 Å². The maximum Gasteiger partial charge on any atom is 0.0877 e. The Labute approximate surface area is 108 Å². The number of benzene rings is 1. The average Bonchev–Trinajstić information content (AvgIpc) is 2.16. The Balaban J connectivity index is 0.00000128. The molecule has 2 nitrogen and oxygen atoms in total. The first-order chi connectivity index (χ1) is 7.31. The smallest absolute Gasteiger partial charge is 0.0877 e. The molecule has 0 aromatic heterocycles. The van der Waals surface area contributed by atoms with Crippen LogP contribution in [0, 0.1) is 5.92 Å². The highest BCUT2D eigenvalue weighted by molar-refractivity contribution is 6.30. The van der Waals surface area contributed by atoms with Gasteiger partial charge >= 0.3 is 0 Å². The lowest BCUT2D eigenvalue weighted by atomic mass is 9.91. The van der Waals surface area contributed by atoms with Crippen LogP contribution in [0.5, 0.6) is 0 Å². The number of rotatable bonds is 4. The molecule has 1 N–H and O–H groups in total. The third kappa shape index (κ3) is 3.11. The molecular weight excluding hydrogens is 245 g/mol. The zero-order valence-electron chi connectivity index (χ0n) is 9.28. The van der Waals surface area contributed by atoms with Crippen molar-refractivity contribution in [3.63, 3.8) is 0 Å². The van der Waals surface area contributed by atoms with Gasteiger partial charge in [-0.1, -0.05) is 23.7 Å². The van der Waals surface area contributed by atoms with Crippen LogP contribution >= 0.6 is 24.0 Å². The predicted octanol–water partition coefficient (Wildman–Crippen LogP) is 3.06. The van der Waals surface area contributed by atoms with Crippen LogP contribution in [0.4, 0.5) is 0 Å². The number of ether oxygens (including phenoxy) is 1. The number of halogens is 2. The average molecular weight is 262 g/mol. The summed E-state index contributed by atoms with van der Waals surface area (Å²) in [6.07, 6.45) is 0.216. The minimum Gasteiger partial charge on any atom is -0.373 e. The standard InChI is InChI=1S/C12H16ClNO.ClH/c1-2-15-12(10-7-14-8-10)9-3-5-11(13)6-4-9;/h3-6,10,12,14H,2,7-8H2,1H3;1H/t12-;/m1./s1. The minimum absolute atomic E-state index is 0. The van der Waals surface area contributed by atoms with E-state index in [1.807, 2.05) is 19.1 Å². The van der Waals surface area contributed by atoms with E-state index in [4.69, 9.17) is 16.3 Å². The van der Waals surface area contributed by atoms with Gasteiger partial charge in [0.25, 0.3) is 0 Å². The Hall–Kier alpha value is -0.280. The summed E-state index contributed by atoms with van der Waals surface area (Å²) in [5, 5.41) is 4.05. The molecule has 2 rings (SSSR count). The van der Waals surface area contributed by atoms with Gasteiger partial charge < -0.3 is 10.1 Å². The molecule has 1 aromatic rings. The summed E-state index contributed by atoms with van der Waals surface area (Å²) < 4.78 is 5.79. The molecule has 0 unspecified atom stereocenters. The van der Waals surface area contributed by atoms with Crippen molar-refractivity contribution in [2.24, 2.45) is 5.92 Å². The fourth-order valence-electron chi connectivity index (χ4n) is 1.86. The molecule has 1 aromatic carbocycles. The molecule has 0 spiro atoms. The highest BCUT2D eigenvalue weighted by Gasteiger charge is 2.28. The summed E-state index contributed by atoms with van der Waals surface area (Å²) >= 11 is 5.87. The molecule has 1 aliphatic heterocycles. The fraction of sp³-hybridized carbons (Fsp3) is 0.500. The van der Waals surface area contributed by atoms with Gasteiger partial charge in [0, 0.05) is 30.6 Å². The van der Waals surface area contributed by atoms with Gasteiger partial charge in [0.15, 0.2) is 0 Å². The molecule has 1 fully saturated rings. The molecule has 0 bridgehead atoms. The summed E-state index contributed by atoms with van der Waals surface area (Å²) in [6.45, 7) is 4.89. The minimum atomic E-state index is 0. The van der Waals surface area contributed by atoms with E-state index in [-0.39, 0.29) is 18.5 Å². The van der Waals surface area contributed by atoms with Crippen LogP contribution in [-0.2, 0) is 4.74 Å². The Morgan fingerprint density at radius 1 is 1.38 bits per heavy atom. The SMILES string of the molecule is CCO[C@H](c1ccc(Cl)cc1)C1CNC1.Cl. The Bertz CT molecular complexity index is 311. The summed E-state index contributed by atoms with van der Waals surface area (Å²) in [5.74, 6) is 0.603. The van der Waals surface area contributed by atoms with E-state index in [0.29, 0.717) is 5.92 Å². The summed E-state index contributed by atoms with van der Waals surface area (Å²) in [5.41, 5.74) is 1.23. The normalized spacial score (nSPS) is 17.4. The van der Waals surface area contributed by atoms with Crippen LogP contribution in [-0.4, -0.2) is 19.7 Å². The van der Waals surface area contributed by atoms with Gasteiger partial charge in [0.2, 0.25) is 0 Å². The Morgan fingerprint density at radius 2 is 2.00 bits per heavy atom. The molecule has 0 radical (unpaired) electrons. The Kier molecular flexibility index (Phi) is 5.56. The molecule has 0 amide bonds. The van der Waals surface area contributed by atoms with Crippen LogP contribution in [0.2, 0.25) is 5.02 Å². The largest absolute Gasteiger partial charge is 0.373 e. The fourth-order valence-corrected chi connectivity index (χ4v) is 1.99. The lowest BCUT2D eigenvalue weighted by Gasteiger charge is -2.34. The van der Waals surface area contributed by atoms with E-state index in [0.717, 1.165) is 24.7 Å². The van der Waals surface area contributed by atoms with Crippen LogP contribution in [0.25, 0.3) is 0 Å². The highest BCUT2D eigenvalue weighted by Crippen LogP contribution is 2.29. The maximum atomic E-state index is 5.87. The third-order valence-electron chi connectivity index (χ3n) is 2.79. The van der Waals surface area contributed by atoms with E-state index in [2.05, 4.69) is 17.4 Å². The first-order valence-corrected chi connectivity index (χ1v) is 5.77. The zero-order chi connectivity index (χ0) is 10.7. The molecule has 0 saturated carbocycles. The van der Waals surface area contributed by atoms with Crippen LogP contribution in [0.1, 0.15) is 18.6 Å². The quantitative estimate of drug-likeness (QED) is 0.900. The second kappa shape index (κ2) is 6.45. The molecule has 1 heterocycles. The van der Waals surface area contributed by atoms with Crippen molar-refractivity contribution in [2.45, 2.75) is 13.0 Å². The lowest BCUT2D eigenvalue weighted by Crippen LogP contribution is -2.45. The summed E-state index contributed by atoms with van der Waals surface area (Å²) in [4.78, 5) is 0. The van der Waals surface area contributed by atoms with Gasteiger partial charge in [0.1, 0.15) is 0 Å². The van der Waals surface area contributed by atoms with E-state index in [1.54, 1.807) is 0 Å². The first-order valence-electron chi connectivity index (χ1n) is 5.39. The van der Waals surface area contributed by atoms with Crippen LogP contribution in [0.15, 0.2) is 24.3 Å². The maximum absolute atomic E-state index is 5.87. The number of hydrogen-bond donors (Lipinski definition) is 1. The van der Waals surface area contributed by atoms with Crippen molar-refractivity contribution in [3.05, 3.63) is 34.9 Å². The zero-order valence-corrected chi connectivity index (χ0v) is 10.9. The van der Waals surface area contributed by atoms with Gasteiger partial charge in [-0.15, -0.1) is 12.4 Å². The van der Waals surface area contributed by atoms with Gasteiger partial charge in [-0.05, 0) is 24.6 Å². The summed E-state index contributed by atoms with van der Waals surface area (Å²) in [6, 6.07) is 7.96. The molecular formula is C12H17Cl2NO. The van der Waals surface area contributed by atoms with E-state index in [1.165, 1.54) is 5.56 Å². The lowest BCUT2D eigenvalue weighted by molar-refractivity contribution is 0.000437. The van der Waals surface area contributed by atoms with Crippen molar-refractivity contribution in [3.8, 4) is 0 Å². The Morgan fingerprint density at radius 3 is 2.44 bits per heavy atom. The summed E-state index contributed by atoms with van der Waals surface area (Å²) in [7, 11) is 0. The van der Waals surface area contributed by atoms with E-state index in [9.17, 15) is 0 Å². The molecule has 0 aliphatic carbocycles. The number of hydrogen-bond acceptors (Lipinski definition) is 2. The van der Waals surface area contributed by atoms with Crippen LogP contribution in [0.3, 0.4) is 0 Å². The van der Waals surface area contributed by atoms with Crippen LogP contribution < -0.4 is 5.32 Å². The van der Waals surface area contributed by atoms with E-state index >= 15 is 0 Å². The van der Waals surface area contributed by atoms with Gasteiger partial charge in [0.05, 0.1) is 6.10 Å². The van der Waals surface area contributed by atoms with Crippen molar-refractivity contribution in [1.29, 1.82) is 0 Å². The molecule has 1 atom stereocenters. The second-order valence-corrected chi connectivity index (χ2v) is 4.28. The molecule has 1 saturated heterocycles. The van der Waals surface area contributed by atoms with Gasteiger partial charge in [-0.2, -0.15) is 0 Å². The monoisotopic (exact) mass is 261 g/mol. The topological polar surface area (TPSA) is 21.3 Å².